The Morgan fingerprint density at radius 1 is 1.29 bits per heavy atom. The van der Waals surface area contributed by atoms with Gasteiger partial charge in [-0.2, -0.15) is 0 Å². The summed E-state index contributed by atoms with van der Waals surface area (Å²) in [4.78, 5) is 2.36. The molecule has 1 fully saturated rings. The molecule has 0 aromatic heterocycles. The second kappa shape index (κ2) is 5.28. The van der Waals surface area contributed by atoms with Crippen LogP contribution in [0.5, 0.6) is 0 Å². The van der Waals surface area contributed by atoms with Gasteiger partial charge in [-0.15, -0.1) is 0 Å². The van der Waals surface area contributed by atoms with Gasteiger partial charge >= 0.3 is 0 Å². The molecule has 1 aliphatic heterocycles. The highest BCUT2D eigenvalue weighted by Gasteiger charge is 2.23. The molecular weight excluding hydrogens is 234 g/mol. The van der Waals surface area contributed by atoms with Gasteiger partial charge in [-0.1, -0.05) is 31.5 Å². The standard InChI is InChI=1S/C14H20ClNO/c1-10-5-11(2)8-16(7-10)14-6-13(15)4-3-12(14)9-17/h3-4,6,10-11,17H,5,7-9H2,1-2H3. The third-order valence-corrected chi connectivity index (χ3v) is 3.66. The summed E-state index contributed by atoms with van der Waals surface area (Å²) in [6.07, 6.45) is 1.28. The summed E-state index contributed by atoms with van der Waals surface area (Å²) >= 11 is 6.06. The number of benzene rings is 1. The SMILES string of the molecule is CC1CC(C)CN(c2cc(Cl)ccc2CO)C1. The van der Waals surface area contributed by atoms with Gasteiger partial charge in [-0.25, -0.2) is 0 Å². The average molecular weight is 254 g/mol. The van der Waals surface area contributed by atoms with E-state index in [0.29, 0.717) is 11.8 Å². The molecule has 0 amide bonds. The first-order valence-corrected chi connectivity index (χ1v) is 6.62. The molecule has 0 bridgehead atoms. The van der Waals surface area contributed by atoms with E-state index in [1.807, 2.05) is 18.2 Å². The van der Waals surface area contributed by atoms with E-state index in [4.69, 9.17) is 11.6 Å². The van der Waals surface area contributed by atoms with Gasteiger partial charge in [0.15, 0.2) is 0 Å². The van der Waals surface area contributed by atoms with Crippen LogP contribution < -0.4 is 4.90 Å². The molecule has 2 unspecified atom stereocenters. The summed E-state index contributed by atoms with van der Waals surface area (Å²) in [5.74, 6) is 1.40. The maximum atomic E-state index is 9.40. The second-order valence-electron chi connectivity index (χ2n) is 5.28. The molecule has 94 valence electrons. The topological polar surface area (TPSA) is 23.5 Å². The van der Waals surface area contributed by atoms with Crippen molar-refractivity contribution < 1.29 is 5.11 Å². The van der Waals surface area contributed by atoms with E-state index in [-0.39, 0.29) is 6.61 Å². The molecule has 1 N–H and O–H groups in total. The lowest BCUT2D eigenvalue weighted by Gasteiger charge is -2.37. The van der Waals surface area contributed by atoms with E-state index in [1.54, 1.807) is 0 Å². The molecular formula is C14H20ClNO. The lowest BCUT2D eigenvalue weighted by Crippen LogP contribution is -2.39. The van der Waals surface area contributed by atoms with Crippen LogP contribution in [0.25, 0.3) is 0 Å². The highest BCUT2D eigenvalue weighted by molar-refractivity contribution is 6.30. The van der Waals surface area contributed by atoms with Crippen LogP contribution in [0.15, 0.2) is 18.2 Å². The first-order chi connectivity index (χ1) is 8.10. The number of aliphatic hydroxyl groups is 1. The van der Waals surface area contributed by atoms with Gasteiger partial charge in [-0.3, -0.25) is 0 Å². The first kappa shape index (κ1) is 12.7. The van der Waals surface area contributed by atoms with Gasteiger partial charge in [0, 0.05) is 29.4 Å². The van der Waals surface area contributed by atoms with Gasteiger partial charge in [0.1, 0.15) is 0 Å². The number of hydrogen-bond acceptors (Lipinski definition) is 2. The maximum Gasteiger partial charge on any atom is 0.0702 e. The monoisotopic (exact) mass is 253 g/mol. The molecule has 3 heteroatoms. The van der Waals surface area contributed by atoms with Gasteiger partial charge in [0.2, 0.25) is 0 Å². The van der Waals surface area contributed by atoms with Crippen LogP contribution in [0.4, 0.5) is 5.69 Å². The quantitative estimate of drug-likeness (QED) is 0.874. The minimum absolute atomic E-state index is 0.0752. The number of hydrogen-bond donors (Lipinski definition) is 1. The van der Waals surface area contributed by atoms with Gasteiger partial charge in [0.05, 0.1) is 6.61 Å². The summed E-state index contributed by atoms with van der Waals surface area (Å²) in [5.41, 5.74) is 2.06. The van der Waals surface area contributed by atoms with Crippen molar-refractivity contribution in [2.75, 3.05) is 18.0 Å². The zero-order valence-corrected chi connectivity index (χ0v) is 11.2. The highest BCUT2D eigenvalue weighted by atomic mass is 35.5. The Morgan fingerprint density at radius 2 is 1.94 bits per heavy atom. The smallest absolute Gasteiger partial charge is 0.0702 e. The molecule has 1 heterocycles. The predicted molar refractivity (Wildman–Crippen MR) is 72.5 cm³/mol. The van der Waals surface area contributed by atoms with Crippen molar-refractivity contribution in [1.82, 2.24) is 0 Å². The maximum absolute atomic E-state index is 9.40. The number of aliphatic hydroxyl groups excluding tert-OH is 1. The molecule has 2 atom stereocenters. The largest absolute Gasteiger partial charge is 0.392 e. The van der Waals surface area contributed by atoms with Gasteiger partial charge in [-0.05, 0) is 30.4 Å². The molecule has 0 radical (unpaired) electrons. The second-order valence-corrected chi connectivity index (χ2v) is 5.72. The van der Waals surface area contributed by atoms with E-state index in [1.165, 1.54) is 6.42 Å². The molecule has 1 saturated heterocycles. The van der Waals surface area contributed by atoms with Crippen LogP contribution in [-0.4, -0.2) is 18.2 Å². The van der Waals surface area contributed by atoms with Crippen molar-refractivity contribution in [3.63, 3.8) is 0 Å². The Kier molecular flexibility index (Phi) is 3.95. The summed E-state index contributed by atoms with van der Waals surface area (Å²) < 4.78 is 0. The van der Waals surface area contributed by atoms with Crippen LogP contribution in [-0.2, 0) is 6.61 Å². The normalized spacial score (nSPS) is 25.1. The van der Waals surface area contributed by atoms with Crippen LogP contribution in [0.2, 0.25) is 5.02 Å². The highest BCUT2D eigenvalue weighted by Crippen LogP contribution is 2.30. The Morgan fingerprint density at radius 3 is 2.53 bits per heavy atom. The molecule has 0 spiro atoms. The van der Waals surface area contributed by atoms with E-state index in [9.17, 15) is 5.11 Å². The minimum atomic E-state index is 0.0752. The summed E-state index contributed by atoms with van der Waals surface area (Å²) in [6.45, 7) is 6.75. The fraction of sp³-hybridized carbons (Fsp3) is 0.571. The summed E-state index contributed by atoms with van der Waals surface area (Å²) in [7, 11) is 0. The van der Waals surface area contributed by atoms with Gasteiger partial charge in [0.25, 0.3) is 0 Å². The van der Waals surface area contributed by atoms with Crippen molar-refractivity contribution in [3.8, 4) is 0 Å². The van der Waals surface area contributed by atoms with E-state index >= 15 is 0 Å². The third kappa shape index (κ3) is 2.93. The lowest BCUT2D eigenvalue weighted by atomic mass is 9.91. The molecule has 1 aliphatic rings. The van der Waals surface area contributed by atoms with Crippen LogP contribution in [0, 0.1) is 11.8 Å². The molecule has 17 heavy (non-hydrogen) atoms. The van der Waals surface area contributed by atoms with Crippen LogP contribution in [0.3, 0.4) is 0 Å². The fourth-order valence-corrected chi connectivity index (χ4v) is 2.99. The first-order valence-electron chi connectivity index (χ1n) is 6.24. The number of piperidine rings is 1. The Hall–Kier alpha value is -0.730. The molecule has 1 aromatic carbocycles. The average Bonchev–Trinajstić information content (AvgIpc) is 2.27. The van der Waals surface area contributed by atoms with E-state index in [0.717, 1.165) is 29.4 Å². The number of anilines is 1. The molecule has 1 aromatic rings. The van der Waals surface area contributed by atoms with E-state index in [2.05, 4.69) is 18.7 Å². The zero-order chi connectivity index (χ0) is 12.4. The Labute approximate surface area is 108 Å². The van der Waals surface area contributed by atoms with Crippen molar-refractivity contribution in [3.05, 3.63) is 28.8 Å². The van der Waals surface area contributed by atoms with Crippen molar-refractivity contribution in [2.24, 2.45) is 11.8 Å². The summed E-state index contributed by atoms with van der Waals surface area (Å²) in [6, 6.07) is 5.73. The summed E-state index contributed by atoms with van der Waals surface area (Å²) in [5, 5.41) is 10.1. The molecule has 0 aliphatic carbocycles. The lowest BCUT2D eigenvalue weighted by molar-refractivity contribution is 0.281. The number of rotatable bonds is 2. The van der Waals surface area contributed by atoms with E-state index < -0.39 is 0 Å². The third-order valence-electron chi connectivity index (χ3n) is 3.43. The van der Waals surface area contributed by atoms with Crippen LogP contribution in [0.1, 0.15) is 25.8 Å². The number of halogens is 1. The van der Waals surface area contributed by atoms with Crippen molar-refractivity contribution in [1.29, 1.82) is 0 Å². The molecule has 0 saturated carbocycles. The fourth-order valence-electron chi connectivity index (χ4n) is 2.82. The Balaban J connectivity index is 2.28. The van der Waals surface area contributed by atoms with Crippen molar-refractivity contribution >= 4 is 17.3 Å². The number of nitrogens with zero attached hydrogens (tertiary/aromatic N) is 1. The Bertz CT molecular complexity index is 384. The zero-order valence-electron chi connectivity index (χ0n) is 10.5. The van der Waals surface area contributed by atoms with Crippen molar-refractivity contribution in [2.45, 2.75) is 26.9 Å². The molecule has 2 nitrogen and oxygen atoms in total. The predicted octanol–water partition coefficient (Wildman–Crippen LogP) is 3.31. The molecule has 2 rings (SSSR count). The van der Waals surface area contributed by atoms with Crippen LogP contribution >= 0.6 is 11.6 Å². The minimum Gasteiger partial charge on any atom is -0.392 e. The van der Waals surface area contributed by atoms with Gasteiger partial charge < -0.3 is 10.0 Å².